The van der Waals surface area contributed by atoms with Crippen molar-refractivity contribution >= 4 is 18.5 Å². The molecule has 1 atom stereocenters. The first-order valence-electron chi connectivity index (χ1n) is 6.85. The SMILES string of the molecule is COP(=S)(OCCCCCCN)OCC1CCC1. The Morgan fingerprint density at radius 1 is 1.17 bits per heavy atom. The third-order valence-corrected chi connectivity index (χ3v) is 5.76. The Labute approximate surface area is 116 Å². The lowest BCUT2D eigenvalue weighted by atomic mass is 9.86. The molecule has 0 aliphatic heterocycles. The Balaban J connectivity index is 2.08. The topological polar surface area (TPSA) is 53.7 Å². The van der Waals surface area contributed by atoms with Crippen LogP contribution in [0.2, 0.25) is 0 Å². The van der Waals surface area contributed by atoms with Gasteiger partial charge in [-0.2, -0.15) is 0 Å². The van der Waals surface area contributed by atoms with Crippen LogP contribution in [0, 0.1) is 5.92 Å². The molecule has 0 bridgehead atoms. The van der Waals surface area contributed by atoms with Crippen LogP contribution in [-0.4, -0.2) is 26.9 Å². The summed E-state index contributed by atoms with van der Waals surface area (Å²) in [6, 6.07) is 0. The molecule has 1 saturated carbocycles. The van der Waals surface area contributed by atoms with E-state index >= 15 is 0 Å². The molecular formula is C12H26NO3PS. The summed E-state index contributed by atoms with van der Waals surface area (Å²) in [5, 5.41) is 0. The standard InChI is InChI=1S/C12H26NO3PS/c1-14-17(18,16-11-12-7-6-8-12)15-10-5-3-2-4-9-13/h12H,2-11,13H2,1H3. The molecule has 0 amide bonds. The van der Waals surface area contributed by atoms with E-state index in [2.05, 4.69) is 0 Å². The first-order valence-corrected chi connectivity index (χ1v) is 9.40. The lowest BCUT2D eigenvalue weighted by Crippen LogP contribution is -2.17. The van der Waals surface area contributed by atoms with E-state index in [4.69, 9.17) is 31.1 Å². The monoisotopic (exact) mass is 295 g/mol. The van der Waals surface area contributed by atoms with Crippen LogP contribution in [0.1, 0.15) is 44.9 Å². The van der Waals surface area contributed by atoms with Crippen molar-refractivity contribution in [3.63, 3.8) is 0 Å². The number of hydrogen-bond donors (Lipinski definition) is 1. The second-order valence-corrected chi connectivity index (χ2v) is 7.88. The molecule has 18 heavy (non-hydrogen) atoms. The average molecular weight is 295 g/mol. The van der Waals surface area contributed by atoms with Crippen molar-refractivity contribution < 1.29 is 13.6 Å². The highest BCUT2D eigenvalue weighted by molar-refractivity contribution is 8.07. The van der Waals surface area contributed by atoms with Gasteiger partial charge in [0, 0.05) is 7.11 Å². The molecule has 1 rings (SSSR count). The zero-order valence-electron chi connectivity index (χ0n) is 11.3. The highest BCUT2D eigenvalue weighted by Crippen LogP contribution is 2.50. The summed E-state index contributed by atoms with van der Waals surface area (Å²) >= 11 is 5.32. The van der Waals surface area contributed by atoms with Crippen molar-refractivity contribution in [2.24, 2.45) is 11.7 Å². The van der Waals surface area contributed by atoms with Crippen molar-refractivity contribution in [2.75, 3.05) is 26.9 Å². The molecule has 0 radical (unpaired) electrons. The molecule has 0 heterocycles. The summed E-state index contributed by atoms with van der Waals surface area (Å²) in [5.41, 5.74) is 5.44. The van der Waals surface area contributed by atoms with Gasteiger partial charge in [-0.15, -0.1) is 0 Å². The van der Waals surface area contributed by atoms with Crippen LogP contribution in [0.25, 0.3) is 0 Å². The third-order valence-electron chi connectivity index (χ3n) is 3.26. The number of rotatable bonds is 11. The van der Waals surface area contributed by atoms with Gasteiger partial charge in [0.05, 0.1) is 13.2 Å². The maximum atomic E-state index is 5.67. The van der Waals surface area contributed by atoms with Crippen LogP contribution in [0.5, 0.6) is 0 Å². The summed E-state index contributed by atoms with van der Waals surface area (Å²) in [6.45, 7) is -0.397. The predicted octanol–water partition coefficient (Wildman–Crippen LogP) is 3.21. The molecule has 2 N–H and O–H groups in total. The van der Waals surface area contributed by atoms with Crippen molar-refractivity contribution in [1.82, 2.24) is 0 Å². The van der Waals surface area contributed by atoms with E-state index in [1.807, 2.05) is 0 Å². The van der Waals surface area contributed by atoms with E-state index in [1.54, 1.807) is 7.11 Å². The minimum Gasteiger partial charge on any atom is -0.330 e. The molecule has 4 nitrogen and oxygen atoms in total. The Kier molecular flexibility index (Phi) is 8.64. The molecule has 0 spiro atoms. The zero-order chi connectivity index (χ0) is 13.3. The van der Waals surface area contributed by atoms with Crippen LogP contribution in [-0.2, 0) is 25.4 Å². The Bertz CT molecular complexity index is 262. The van der Waals surface area contributed by atoms with E-state index in [-0.39, 0.29) is 0 Å². The summed E-state index contributed by atoms with van der Waals surface area (Å²) < 4.78 is 16.5. The maximum absolute atomic E-state index is 5.67. The van der Waals surface area contributed by atoms with E-state index < -0.39 is 6.72 Å². The third kappa shape index (κ3) is 6.60. The smallest absolute Gasteiger partial charge is 0.326 e. The Morgan fingerprint density at radius 2 is 1.89 bits per heavy atom. The molecule has 1 fully saturated rings. The fraction of sp³-hybridized carbons (Fsp3) is 1.00. The van der Waals surface area contributed by atoms with Gasteiger partial charge in [0.1, 0.15) is 0 Å². The summed E-state index contributed by atoms with van der Waals surface area (Å²) in [7, 11) is 1.58. The molecule has 6 heteroatoms. The quantitative estimate of drug-likeness (QED) is 0.468. The molecule has 0 aromatic carbocycles. The Morgan fingerprint density at radius 3 is 2.44 bits per heavy atom. The molecule has 0 saturated heterocycles. The van der Waals surface area contributed by atoms with Gasteiger partial charge in [0.15, 0.2) is 0 Å². The summed E-state index contributed by atoms with van der Waals surface area (Å²) in [5.74, 6) is 0.663. The second kappa shape index (κ2) is 9.40. The van der Waals surface area contributed by atoms with E-state index in [1.165, 1.54) is 19.3 Å². The van der Waals surface area contributed by atoms with Crippen LogP contribution >= 0.6 is 6.72 Å². The summed E-state index contributed by atoms with van der Waals surface area (Å²) in [6.07, 6.45) is 8.16. The number of unbranched alkanes of at least 4 members (excludes halogenated alkanes) is 3. The maximum Gasteiger partial charge on any atom is 0.326 e. The van der Waals surface area contributed by atoms with Gasteiger partial charge >= 0.3 is 6.72 Å². The molecular weight excluding hydrogens is 269 g/mol. The number of nitrogens with two attached hydrogens (primary N) is 1. The van der Waals surface area contributed by atoms with Crippen molar-refractivity contribution in [3.8, 4) is 0 Å². The van der Waals surface area contributed by atoms with E-state index in [0.29, 0.717) is 19.1 Å². The van der Waals surface area contributed by atoms with Gasteiger partial charge in [-0.1, -0.05) is 19.3 Å². The van der Waals surface area contributed by atoms with Crippen LogP contribution in [0.3, 0.4) is 0 Å². The normalized spacial score (nSPS) is 19.4. The van der Waals surface area contributed by atoms with Gasteiger partial charge in [0.25, 0.3) is 0 Å². The molecule has 1 aliphatic rings. The second-order valence-electron chi connectivity index (χ2n) is 4.76. The predicted molar refractivity (Wildman–Crippen MR) is 78.1 cm³/mol. The van der Waals surface area contributed by atoms with E-state index in [0.717, 1.165) is 32.2 Å². The minimum absolute atomic E-state index is 0.625. The minimum atomic E-state index is -2.48. The van der Waals surface area contributed by atoms with Crippen LogP contribution in [0.15, 0.2) is 0 Å². The molecule has 0 aromatic rings. The Hall–Kier alpha value is 0.490. The fourth-order valence-corrected chi connectivity index (χ4v) is 3.21. The van der Waals surface area contributed by atoms with Gasteiger partial charge in [-0.05, 0) is 50.0 Å². The van der Waals surface area contributed by atoms with Crippen molar-refractivity contribution in [1.29, 1.82) is 0 Å². The molecule has 108 valence electrons. The van der Waals surface area contributed by atoms with E-state index in [9.17, 15) is 0 Å². The largest absolute Gasteiger partial charge is 0.330 e. The van der Waals surface area contributed by atoms with Gasteiger partial charge in [-0.3, -0.25) is 0 Å². The number of hydrogen-bond acceptors (Lipinski definition) is 5. The van der Waals surface area contributed by atoms with Gasteiger partial charge < -0.3 is 19.3 Å². The lowest BCUT2D eigenvalue weighted by Gasteiger charge is -2.28. The molecule has 1 aliphatic carbocycles. The average Bonchev–Trinajstić information content (AvgIpc) is 2.32. The van der Waals surface area contributed by atoms with Crippen LogP contribution < -0.4 is 5.73 Å². The first kappa shape index (κ1) is 16.5. The summed E-state index contributed by atoms with van der Waals surface area (Å²) in [4.78, 5) is 0. The highest BCUT2D eigenvalue weighted by Gasteiger charge is 2.24. The van der Waals surface area contributed by atoms with Crippen LogP contribution in [0.4, 0.5) is 0 Å². The highest BCUT2D eigenvalue weighted by atomic mass is 32.5. The lowest BCUT2D eigenvalue weighted by molar-refractivity contribution is 0.128. The molecule has 0 aromatic heterocycles. The zero-order valence-corrected chi connectivity index (χ0v) is 13.0. The van der Waals surface area contributed by atoms with Gasteiger partial charge in [-0.25, -0.2) is 0 Å². The fourth-order valence-electron chi connectivity index (χ4n) is 1.78. The van der Waals surface area contributed by atoms with Crippen molar-refractivity contribution in [2.45, 2.75) is 44.9 Å². The first-order chi connectivity index (χ1) is 8.70. The van der Waals surface area contributed by atoms with Gasteiger partial charge in [0.2, 0.25) is 0 Å². The molecule has 1 unspecified atom stereocenters. The van der Waals surface area contributed by atoms with Crippen molar-refractivity contribution in [3.05, 3.63) is 0 Å².